The van der Waals surface area contributed by atoms with E-state index in [1.165, 1.54) is 0 Å². The van der Waals surface area contributed by atoms with Gasteiger partial charge < -0.3 is 29.2 Å². The molecular weight excluding hydrogens is 540 g/mol. The van der Waals surface area contributed by atoms with E-state index in [4.69, 9.17) is 29.2 Å². The molecule has 228 valence electrons. The second-order valence-electron chi connectivity index (χ2n) is 10.5. The van der Waals surface area contributed by atoms with Gasteiger partial charge in [0.05, 0.1) is 51.8 Å². The van der Waals surface area contributed by atoms with Gasteiger partial charge in [-0.15, -0.1) is 0 Å². The number of rotatable bonds is 18. The monoisotopic (exact) mass is 584 g/mol. The molecule has 0 bridgehead atoms. The van der Waals surface area contributed by atoms with Crippen molar-refractivity contribution >= 4 is 0 Å². The van der Waals surface area contributed by atoms with Crippen LogP contribution in [0.2, 0.25) is 0 Å². The summed E-state index contributed by atoms with van der Waals surface area (Å²) in [5, 5.41) is 17.9. The maximum atomic E-state index is 8.94. The van der Waals surface area contributed by atoms with Gasteiger partial charge >= 0.3 is 0 Å². The largest absolute Gasteiger partial charge is 0.494 e. The first-order valence-corrected chi connectivity index (χ1v) is 15.2. The summed E-state index contributed by atoms with van der Waals surface area (Å²) in [5.74, 6) is 1.75. The zero-order valence-corrected chi connectivity index (χ0v) is 25.3. The lowest BCUT2D eigenvalue weighted by atomic mass is 10.0. The highest BCUT2D eigenvalue weighted by Gasteiger charge is 2.08. The Morgan fingerprint density at radius 1 is 0.442 bits per heavy atom. The predicted molar refractivity (Wildman–Crippen MR) is 172 cm³/mol. The summed E-state index contributed by atoms with van der Waals surface area (Å²) in [4.78, 5) is 0. The average molecular weight is 585 g/mol. The minimum atomic E-state index is -0.0420. The van der Waals surface area contributed by atoms with Crippen molar-refractivity contribution in [2.24, 2.45) is 0 Å². The number of aliphatic hydroxyl groups excluding tert-OH is 2. The zero-order chi connectivity index (χ0) is 30.3. The molecule has 0 amide bonds. The van der Waals surface area contributed by atoms with Crippen molar-refractivity contribution in [2.75, 3.05) is 39.6 Å². The molecule has 2 N–H and O–H groups in total. The lowest BCUT2D eigenvalue weighted by Gasteiger charge is -2.13. The average Bonchev–Trinajstić information content (AvgIpc) is 3.06. The lowest BCUT2D eigenvalue weighted by Crippen LogP contribution is -2.04. The summed E-state index contributed by atoms with van der Waals surface area (Å²) in [6.07, 6.45) is 2.90. The van der Waals surface area contributed by atoms with E-state index in [1.807, 2.05) is 38.1 Å². The van der Waals surface area contributed by atoms with Crippen LogP contribution in [0.3, 0.4) is 0 Å². The first-order valence-electron chi connectivity index (χ1n) is 15.2. The van der Waals surface area contributed by atoms with Crippen LogP contribution in [0.4, 0.5) is 0 Å². The molecule has 0 spiro atoms. The fourth-order valence-electron chi connectivity index (χ4n) is 4.79. The number of unbranched alkanes of at least 4 members (excludes halogenated alkanes) is 2. The Labute approximate surface area is 255 Å². The quantitative estimate of drug-likeness (QED) is 0.116. The molecule has 0 saturated heterocycles. The van der Waals surface area contributed by atoms with Crippen molar-refractivity contribution in [1.29, 1.82) is 0 Å². The molecule has 0 fully saturated rings. The Hall–Kier alpha value is -3.68. The number of benzene rings is 4. The molecule has 0 aliphatic rings. The molecule has 0 heterocycles. The molecule has 2 unspecified atom stereocenters. The van der Waals surface area contributed by atoms with Gasteiger partial charge in [0.1, 0.15) is 11.5 Å². The number of ether oxygens (including phenoxy) is 4. The van der Waals surface area contributed by atoms with E-state index in [0.29, 0.717) is 26.4 Å². The van der Waals surface area contributed by atoms with Crippen LogP contribution in [0.1, 0.15) is 56.4 Å². The van der Waals surface area contributed by atoms with E-state index in [0.717, 1.165) is 64.1 Å². The molecule has 0 aliphatic carbocycles. The Bertz CT molecular complexity index is 1210. The van der Waals surface area contributed by atoms with Gasteiger partial charge in [0.2, 0.25) is 0 Å². The van der Waals surface area contributed by atoms with Crippen LogP contribution in [0.25, 0.3) is 22.3 Å². The van der Waals surface area contributed by atoms with Crippen LogP contribution in [-0.4, -0.2) is 49.9 Å². The van der Waals surface area contributed by atoms with Crippen molar-refractivity contribution in [3.05, 3.63) is 108 Å². The van der Waals surface area contributed by atoms with Crippen LogP contribution in [0.5, 0.6) is 11.5 Å². The van der Waals surface area contributed by atoms with Gasteiger partial charge in [-0.05, 0) is 90.8 Å². The van der Waals surface area contributed by atoms with E-state index < -0.39 is 0 Å². The zero-order valence-electron chi connectivity index (χ0n) is 25.3. The second-order valence-corrected chi connectivity index (χ2v) is 10.5. The molecule has 0 radical (unpaired) electrons. The fourth-order valence-corrected chi connectivity index (χ4v) is 4.79. The summed E-state index contributed by atoms with van der Waals surface area (Å²) >= 11 is 0. The maximum absolute atomic E-state index is 8.94. The molecule has 0 saturated carbocycles. The summed E-state index contributed by atoms with van der Waals surface area (Å²) < 4.78 is 23.1. The fraction of sp³-hybridized carbons (Fsp3) is 0.351. The van der Waals surface area contributed by atoms with Gasteiger partial charge in [0, 0.05) is 0 Å². The molecule has 4 aromatic carbocycles. The van der Waals surface area contributed by atoms with Crippen LogP contribution in [0, 0.1) is 0 Å². The van der Waals surface area contributed by atoms with Gasteiger partial charge in [-0.25, -0.2) is 0 Å². The first-order chi connectivity index (χ1) is 21.1. The molecule has 0 aromatic heterocycles. The third-order valence-electron chi connectivity index (χ3n) is 7.38. The summed E-state index contributed by atoms with van der Waals surface area (Å²) in [6.45, 7) is 6.09. The van der Waals surface area contributed by atoms with Crippen molar-refractivity contribution < 1.29 is 29.2 Å². The lowest BCUT2D eigenvalue weighted by molar-refractivity contribution is 0.0385. The van der Waals surface area contributed by atoms with Crippen LogP contribution >= 0.6 is 0 Å². The molecule has 4 rings (SSSR count). The highest BCUT2D eigenvalue weighted by Crippen LogP contribution is 2.27. The normalized spacial score (nSPS) is 12.6. The molecule has 6 heteroatoms. The summed E-state index contributed by atoms with van der Waals surface area (Å²) in [5.41, 5.74) is 6.75. The molecule has 4 aromatic rings. The summed E-state index contributed by atoms with van der Waals surface area (Å²) in [6, 6.07) is 33.1. The van der Waals surface area contributed by atoms with Crippen LogP contribution in [0.15, 0.2) is 97.1 Å². The molecule has 0 aliphatic heterocycles. The minimum Gasteiger partial charge on any atom is -0.494 e. The van der Waals surface area contributed by atoms with Gasteiger partial charge in [0.25, 0.3) is 0 Å². The number of hydrogen-bond donors (Lipinski definition) is 2. The van der Waals surface area contributed by atoms with E-state index in [1.54, 1.807) is 0 Å². The van der Waals surface area contributed by atoms with E-state index in [-0.39, 0.29) is 25.4 Å². The third-order valence-corrected chi connectivity index (χ3v) is 7.38. The van der Waals surface area contributed by atoms with Gasteiger partial charge in [-0.2, -0.15) is 0 Å². The number of hydrogen-bond acceptors (Lipinski definition) is 6. The van der Waals surface area contributed by atoms with Crippen molar-refractivity contribution in [2.45, 2.75) is 45.3 Å². The highest BCUT2D eigenvalue weighted by atomic mass is 16.5. The third kappa shape index (κ3) is 10.2. The molecule has 6 nitrogen and oxygen atoms in total. The standard InChI is InChI=1S/C37H44O6/c1-28(40-26-22-38)30-6-10-32(11-7-30)34-14-18-36(19-15-34)42-24-4-3-5-25-43-37-20-16-35(17-21-37)33-12-8-31(9-13-33)29(2)41-27-23-39/h6-21,28-29,38-39H,3-5,22-27H2,1-2H3. The van der Waals surface area contributed by atoms with E-state index in [9.17, 15) is 0 Å². The maximum Gasteiger partial charge on any atom is 0.119 e. The van der Waals surface area contributed by atoms with Crippen molar-refractivity contribution in [1.82, 2.24) is 0 Å². The molecule has 2 atom stereocenters. The van der Waals surface area contributed by atoms with Gasteiger partial charge in [-0.3, -0.25) is 0 Å². The van der Waals surface area contributed by atoms with Crippen molar-refractivity contribution in [3.63, 3.8) is 0 Å². The van der Waals surface area contributed by atoms with Crippen LogP contribution in [-0.2, 0) is 9.47 Å². The van der Waals surface area contributed by atoms with Gasteiger partial charge in [-0.1, -0.05) is 72.8 Å². The Kier molecular flexibility index (Phi) is 13.1. The first kappa shape index (κ1) is 32.2. The highest BCUT2D eigenvalue weighted by molar-refractivity contribution is 5.65. The smallest absolute Gasteiger partial charge is 0.119 e. The minimum absolute atomic E-state index is 0.0311. The second kappa shape index (κ2) is 17.4. The Morgan fingerprint density at radius 2 is 0.767 bits per heavy atom. The summed E-state index contributed by atoms with van der Waals surface area (Å²) in [7, 11) is 0. The van der Waals surface area contributed by atoms with Gasteiger partial charge in [0.15, 0.2) is 0 Å². The topological polar surface area (TPSA) is 77.4 Å². The van der Waals surface area contributed by atoms with Crippen molar-refractivity contribution in [3.8, 4) is 33.8 Å². The number of aliphatic hydroxyl groups is 2. The SMILES string of the molecule is CC(OCCO)c1ccc(-c2ccc(OCCCCCOc3ccc(-c4ccc(C(C)OCCO)cc4)cc3)cc2)cc1. The van der Waals surface area contributed by atoms with Crippen LogP contribution < -0.4 is 9.47 Å². The predicted octanol–water partition coefficient (Wildman–Crippen LogP) is 7.79. The Morgan fingerprint density at radius 3 is 1.09 bits per heavy atom. The van der Waals surface area contributed by atoms with E-state index in [2.05, 4.69) is 72.8 Å². The molecule has 43 heavy (non-hydrogen) atoms. The molecular formula is C37H44O6. The Balaban J connectivity index is 1.11. The van der Waals surface area contributed by atoms with E-state index >= 15 is 0 Å².